The van der Waals surface area contributed by atoms with E-state index in [-0.39, 0.29) is 23.9 Å². The number of nitrogens with zero attached hydrogens (tertiary/aromatic N) is 3. The molecule has 0 saturated carbocycles. The smallest absolute Gasteiger partial charge is 0.243 e. The van der Waals surface area contributed by atoms with Gasteiger partial charge in [0.05, 0.1) is 22.8 Å². The molecule has 1 amide bonds. The summed E-state index contributed by atoms with van der Waals surface area (Å²) >= 11 is 0. The van der Waals surface area contributed by atoms with Crippen LogP contribution in [0.4, 0.5) is 14.6 Å². The summed E-state index contributed by atoms with van der Waals surface area (Å²) in [7, 11) is -2.61. The van der Waals surface area contributed by atoms with E-state index < -0.39 is 34.1 Å². The maximum Gasteiger partial charge on any atom is 0.243 e. The summed E-state index contributed by atoms with van der Waals surface area (Å²) in [5, 5.41) is 7.31. The number of amides is 1. The lowest BCUT2D eigenvalue weighted by Gasteiger charge is -2.22. The summed E-state index contributed by atoms with van der Waals surface area (Å²) in [6.07, 6.45) is 0.343. The van der Waals surface area contributed by atoms with Gasteiger partial charge in [0.25, 0.3) is 0 Å². The van der Waals surface area contributed by atoms with E-state index in [1.54, 1.807) is 6.07 Å². The van der Waals surface area contributed by atoms with Crippen molar-refractivity contribution in [3.05, 3.63) is 96.6 Å². The molecule has 0 unspecified atom stereocenters. The first-order valence-electron chi connectivity index (χ1n) is 11.7. The number of carbonyl (C=O) groups excluding carboxylic acids is 1. The van der Waals surface area contributed by atoms with Crippen LogP contribution in [0, 0.1) is 11.6 Å². The van der Waals surface area contributed by atoms with Gasteiger partial charge in [0.1, 0.15) is 17.5 Å². The van der Waals surface area contributed by atoms with E-state index in [1.165, 1.54) is 36.1 Å². The summed E-state index contributed by atoms with van der Waals surface area (Å²) in [4.78, 5) is 13.0. The molecular formula is C27H26F2N4O4S. The molecule has 0 aliphatic carbocycles. The average Bonchev–Trinajstić information content (AvgIpc) is 3.33. The SMILES string of the molecule is COCCCN(CC(=O)Nc1cc(-c2ccccc2)nn1-c1ccc(F)cc1)S(=O)(=O)c1ccc(F)cc1. The fourth-order valence-electron chi connectivity index (χ4n) is 3.77. The number of methoxy groups -OCH3 is 1. The molecular weight excluding hydrogens is 514 g/mol. The summed E-state index contributed by atoms with van der Waals surface area (Å²) in [6, 6.07) is 20.9. The van der Waals surface area contributed by atoms with Crippen LogP contribution in [0.25, 0.3) is 16.9 Å². The van der Waals surface area contributed by atoms with Crippen LogP contribution in [0.15, 0.2) is 89.8 Å². The maximum absolute atomic E-state index is 13.5. The monoisotopic (exact) mass is 540 g/mol. The van der Waals surface area contributed by atoms with E-state index in [4.69, 9.17) is 4.74 Å². The highest BCUT2D eigenvalue weighted by molar-refractivity contribution is 7.89. The molecule has 198 valence electrons. The van der Waals surface area contributed by atoms with Crippen LogP contribution in [-0.4, -0.2) is 55.2 Å². The molecule has 4 rings (SSSR count). The molecule has 38 heavy (non-hydrogen) atoms. The van der Waals surface area contributed by atoms with Crippen LogP contribution < -0.4 is 5.32 Å². The number of ether oxygens (including phenoxy) is 1. The van der Waals surface area contributed by atoms with Crippen molar-refractivity contribution >= 4 is 21.7 Å². The van der Waals surface area contributed by atoms with Gasteiger partial charge in [-0.3, -0.25) is 4.79 Å². The largest absolute Gasteiger partial charge is 0.385 e. The van der Waals surface area contributed by atoms with Crippen LogP contribution in [0.3, 0.4) is 0 Å². The third kappa shape index (κ3) is 6.49. The van der Waals surface area contributed by atoms with Gasteiger partial charge in [-0.1, -0.05) is 30.3 Å². The van der Waals surface area contributed by atoms with Crippen LogP contribution >= 0.6 is 0 Å². The minimum atomic E-state index is -4.10. The van der Waals surface area contributed by atoms with Gasteiger partial charge in [0, 0.05) is 31.9 Å². The first-order valence-corrected chi connectivity index (χ1v) is 13.2. The summed E-state index contributed by atoms with van der Waals surface area (Å²) in [5.74, 6) is -1.34. The lowest BCUT2D eigenvalue weighted by Crippen LogP contribution is -2.39. The fourth-order valence-corrected chi connectivity index (χ4v) is 5.20. The number of carbonyl (C=O) groups is 1. The van der Waals surface area contributed by atoms with E-state index in [0.717, 1.165) is 34.1 Å². The first kappa shape index (κ1) is 27.1. The van der Waals surface area contributed by atoms with Crippen LogP contribution in [0.5, 0.6) is 0 Å². The molecule has 1 N–H and O–H groups in total. The maximum atomic E-state index is 13.5. The number of halogens is 2. The number of benzene rings is 3. The van der Waals surface area contributed by atoms with Gasteiger partial charge in [-0.2, -0.15) is 9.40 Å². The second kappa shape index (κ2) is 12.1. The zero-order valence-electron chi connectivity index (χ0n) is 20.6. The highest BCUT2D eigenvalue weighted by Crippen LogP contribution is 2.25. The average molecular weight is 541 g/mol. The van der Waals surface area contributed by atoms with Crippen LogP contribution in [-0.2, 0) is 19.6 Å². The molecule has 0 fully saturated rings. The van der Waals surface area contributed by atoms with Crippen LogP contribution in [0.1, 0.15) is 6.42 Å². The Kier molecular flexibility index (Phi) is 8.62. The molecule has 0 bridgehead atoms. The Balaban J connectivity index is 1.62. The second-order valence-corrected chi connectivity index (χ2v) is 10.3. The molecule has 0 spiro atoms. The Morgan fingerprint density at radius 2 is 1.61 bits per heavy atom. The first-order chi connectivity index (χ1) is 18.3. The van der Waals surface area contributed by atoms with E-state index in [9.17, 15) is 22.0 Å². The lowest BCUT2D eigenvalue weighted by atomic mass is 10.2. The molecule has 1 heterocycles. The molecule has 3 aromatic carbocycles. The minimum absolute atomic E-state index is 0.00740. The summed E-state index contributed by atoms with van der Waals surface area (Å²) in [6.45, 7) is -0.207. The van der Waals surface area contributed by atoms with Gasteiger partial charge in [0.15, 0.2) is 0 Å². The highest BCUT2D eigenvalue weighted by Gasteiger charge is 2.27. The van der Waals surface area contributed by atoms with E-state index in [2.05, 4.69) is 10.4 Å². The molecule has 11 heteroatoms. The van der Waals surface area contributed by atoms with Crippen molar-refractivity contribution in [1.82, 2.24) is 14.1 Å². The molecule has 0 saturated heterocycles. The van der Waals surface area contributed by atoms with Gasteiger partial charge >= 0.3 is 0 Å². The standard InChI is InChI=1S/C27H26F2N4O4S/c1-37-17-5-16-32(38(35,36)24-14-10-22(29)11-15-24)19-27(34)30-26-18-25(20-6-3-2-4-7-20)31-33(26)23-12-8-21(28)9-13-23/h2-4,6-15,18H,5,16-17,19H2,1H3,(H,30,34). The number of hydrogen-bond acceptors (Lipinski definition) is 5. The Morgan fingerprint density at radius 1 is 0.974 bits per heavy atom. The Hall–Kier alpha value is -3.93. The third-order valence-electron chi connectivity index (χ3n) is 5.64. The number of rotatable bonds is 11. The number of anilines is 1. The molecule has 1 aromatic heterocycles. The zero-order valence-corrected chi connectivity index (χ0v) is 21.4. The molecule has 0 aliphatic heterocycles. The lowest BCUT2D eigenvalue weighted by molar-refractivity contribution is -0.116. The van der Waals surface area contributed by atoms with E-state index in [1.807, 2.05) is 30.3 Å². The Bertz CT molecular complexity index is 1480. The summed E-state index contributed by atoms with van der Waals surface area (Å²) < 4.78 is 61.0. The van der Waals surface area contributed by atoms with Gasteiger partial charge < -0.3 is 10.1 Å². The van der Waals surface area contributed by atoms with E-state index in [0.29, 0.717) is 17.8 Å². The predicted molar refractivity (Wildman–Crippen MR) is 139 cm³/mol. The Morgan fingerprint density at radius 3 is 2.24 bits per heavy atom. The quantitative estimate of drug-likeness (QED) is 0.283. The van der Waals surface area contributed by atoms with Gasteiger partial charge in [-0.05, 0) is 55.0 Å². The normalized spacial score (nSPS) is 11.6. The summed E-state index contributed by atoms with van der Waals surface area (Å²) in [5.41, 5.74) is 1.85. The zero-order chi connectivity index (χ0) is 27.1. The van der Waals surface area contributed by atoms with Crippen molar-refractivity contribution in [1.29, 1.82) is 0 Å². The van der Waals surface area contributed by atoms with Crippen molar-refractivity contribution in [2.45, 2.75) is 11.3 Å². The number of hydrogen-bond donors (Lipinski definition) is 1. The van der Waals surface area contributed by atoms with Gasteiger partial charge in [-0.15, -0.1) is 0 Å². The predicted octanol–water partition coefficient (Wildman–Crippen LogP) is 4.48. The highest BCUT2D eigenvalue weighted by atomic mass is 32.2. The molecule has 0 radical (unpaired) electrons. The minimum Gasteiger partial charge on any atom is -0.385 e. The second-order valence-electron chi connectivity index (χ2n) is 8.36. The fraction of sp³-hybridized carbons (Fsp3) is 0.185. The van der Waals surface area contributed by atoms with Crippen molar-refractivity contribution in [2.24, 2.45) is 0 Å². The van der Waals surface area contributed by atoms with Crippen molar-refractivity contribution in [2.75, 3.05) is 32.1 Å². The van der Waals surface area contributed by atoms with E-state index >= 15 is 0 Å². The van der Waals surface area contributed by atoms with Gasteiger partial charge in [0.2, 0.25) is 15.9 Å². The number of sulfonamides is 1. The third-order valence-corrected chi connectivity index (χ3v) is 7.50. The van der Waals surface area contributed by atoms with Gasteiger partial charge in [-0.25, -0.2) is 21.9 Å². The van der Waals surface area contributed by atoms with Crippen molar-refractivity contribution in [3.63, 3.8) is 0 Å². The molecule has 8 nitrogen and oxygen atoms in total. The van der Waals surface area contributed by atoms with Crippen molar-refractivity contribution in [3.8, 4) is 16.9 Å². The van der Waals surface area contributed by atoms with Crippen molar-refractivity contribution < 1.29 is 26.7 Å². The Labute approximate surface area is 219 Å². The molecule has 0 aliphatic rings. The number of aromatic nitrogens is 2. The topological polar surface area (TPSA) is 93.5 Å². The molecule has 4 aromatic rings. The van der Waals surface area contributed by atoms with Crippen LogP contribution in [0.2, 0.25) is 0 Å². The molecule has 0 atom stereocenters. The number of nitrogens with one attached hydrogen (secondary N) is 1.